The minimum absolute atomic E-state index is 0.0350. The van der Waals surface area contributed by atoms with Crippen LogP contribution in [0.3, 0.4) is 0 Å². The van der Waals surface area contributed by atoms with Gasteiger partial charge in [0.15, 0.2) is 0 Å². The predicted molar refractivity (Wildman–Crippen MR) is 177 cm³/mol. The van der Waals surface area contributed by atoms with Gasteiger partial charge in [0.25, 0.3) is 11.8 Å². The van der Waals surface area contributed by atoms with Gasteiger partial charge in [-0.15, -0.1) is 11.8 Å². The van der Waals surface area contributed by atoms with Gasteiger partial charge in [-0.25, -0.2) is 0 Å². The van der Waals surface area contributed by atoms with Gasteiger partial charge in [0.2, 0.25) is 5.91 Å². The second-order valence-electron chi connectivity index (χ2n) is 9.02. The van der Waals surface area contributed by atoms with Gasteiger partial charge < -0.3 is 25.4 Å². The fourth-order valence-corrected chi connectivity index (χ4v) is 5.16. The zero-order chi connectivity index (χ0) is 31.6. The first-order valence-corrected chi connectivity index (χ1v) is 15.1. The summed E-state index contributed by atoms with van der Waals surface area (Å²) in [6, 6.07) is 23.5. The maximum Gasteiger partial charge on any atom is 0.272 e. The van der Waals surface area contributed by atoms with Crippen LogP contribution in [0.5, 0.6) is 11.5 Å². The van der Waals surface area contributed by atoms with Crippen molar-refractivity contribution in [3.05, 3.63) is 117 Å². The van der Waals surface area contributed by atoms with E-state index in [9.17, 15) is 14.4 Å². The summed E-state index contributed by atoms with van der Waals surface area (Å²) < 4.78 is 10.5. The van der Waals surface area contributed by atoms with Crippen molar-refractivity contribution < 1.29 is 23.9 Å². The van der Waals surface area contributed by atoms with Crippen LogP contribution in [0.4, 0.5) is 11.4 Å². The lowest BCUT2D eigenvalue weighted by Crippen LogP contribution is -2.30. The van der Waals surface area contributed by atoms with Crippen molar-refractivity contribution >= 4 is 81.7 Å². The Labute approximate surface area is 273 Å². The molecule has 0 bridgehead atoms. The fourth-order valence-electron chi connectivity index (χ4n) is 3.86. The molecular formula is C32H26Cl3N3O5S. The number of rotatable bonds is 11. The Kier molecular flexibility index (Phi) is 11.6. The second kappa shape index (κ2) is 15.5. The molecular weight excluding hydrogens is 645 g/mol. The fraction of sp³-hybridized carbons (Fsp3) is 0.0938. The molecule has 4 aromatic carbocycles. The summed E-state index contributed by atoms with van der Waals surface area (Å²) in [5, 5.41) is 9.12. The molecule has 0 saturated heterocycles. The van der Waals surface area contributed by atoms with E-state index >= 15 is 0 Å². The van der Waals surface area contributed by atoms with Gasteiger partial charge in [-0.2, -0.15) is 0 Å². The number of amides is 3. The molecule has 226 valence electrons. The molecule has 0 spiro atoms. The lowest BCUT2D eigenvalue weighted by atomic mass is 10.1. The lowest BCUT2D eigenvalue weighted by Gasteiger charge is -2.13. The molecule has 3 amide bonds. The molecule has 0 atom stereocenters. The molecule has 0 aromatic heterocycles. The van der Waals surface area contributed by atoms with E-state index in [-0.39, 0.29) is 22.4 Å². The van der Waals surface area contributed by atoms with Gasteiger partial charge >= 0.3 is 0 Å². The van der Waals surface area contributed by atoms with Gasteiger partial charge in [0.05, 0.1) is 40.7 Å². The molecule has 0 unspecified atom stereocenters. The van der Waals surface area contributed by atoms with Gasteiger partial charge in [0, 0.05) is 22.2 Å². The molecule has 8 nitrogen and oxygen atoms in total. The minimum atomic E-state index is -0.572. The Bertz CT molecular complexity index is 1700. The third kappa shape index (κ3) is 8.70. The van der Waals surface area contributed by atoms with E-state index in [1.807, 2.05) is 0 Å². The standard InChI is InChI=1S/C32H26Cl3N3O5S/c1-42-27-17-28(43-2)25(16-24(27)34)37-29(39)18-44-22-13-11-21(12-14-22)36-32(41)26(15-20-9-6-10-23(33)30(20)35)38-31(40)19-7-4-3-5-8-19/h3-17H,18H2,1-2H3,(H,36,41)(H,37,39)(H,38,40)/b26-15-. The van der Waals surface area contributed by atoms with E-state index in [2.05, 4.69) is 16.0 Å². The number of nitrogens with one attached hydrogen (secondary N) is 3. The summed E-state index contributed by atoms with van der Waals surface area (Å²) in [5.41, 5.74) is 1.69. The van der Waals surface area contributed by atoms with Crippen molar-refractivity contribution in [3.63, 3.8) is 0 Å². The van der Waals surface area contributed by atoms with E-state index in [1.165, 1.54) is 32.1 Å². The van der Waals surface area contributed by atoms with Crippen LogP contribution >= 0.6 is 46.6 Å². The zero-order valence-electron chi connectivity index (χ0n) is 23.5. The van der Waals surface area contributed by atoms with Gasteiger partial charge in [-0.1, -0.05) is 65.1 Å². The van der Waals surface area contributed by atoms with Gasteiger partial charge in [-0.3, -0.25) is 14.4 Å². The van der Waals surface area contributed by atoms with Crippen molar-refractivity contribution in [1.82, 2.24) is 5.32 Å². The summed E-state index contributed by atoms with van der Waals surface area (Å²) in [6.45, 7) is 0. The van der Waals surface area contributed by atoms with Crippen molar-refractivity contribution in [2.75, 3.05) is 30.6 Å². The van der Waals surface area contributed by atoms with E-state index in [0.29, 0.717) is 44.0 Å². The number of hydrogen-bond donors (Lipinski definition) is 3. The van der Waals surface area contributed by atoms with Crippen LogP contribution < -0.4 is 25.4 Å². The van der Waals surface area contributed by atoms with Gasteiger partial charge in [0.1, 0.15) is 17.2 Å². The summed E-state index contributed by atoms with van der Waals surface area (Å²) in [4.78, 5) is 39.6. The first-order chi connectivity index (χ1) is 21.2. The highest BCUT2D eigenvalue weighted by Crippen LogP contribution is 2.36. The molecule has 0 fully saturated rings. The number of carbonyl (C=O) groups excluding carboxylic acids is 3. The van der Waals surface area contributed by atoms with Crippen LogP contribution in [0.25, 0.3) is 6.08 Å². The molecule has 0 radical (unpaired) electrons. The number of benzene rings is 4. The normalized spacial score (nSPS) is 11.0. The Hall–Kier alpha value is -4.15. The maximum absolute atomic E-state index is 13.3. The van der Waals surface area contributed by atoms with E-state index < -0.39 is 11.8 Å². The number of methoxy groups -OCH3 is 2. The quantitative estimate of drug-likeness (QED) is 0.111. The number of hydrogen-bond acceptors (Lipinski definition) is 6. The Morgan fingerprint density at radius 2 is 1.50 bits per heavy atom. The molecule has 44 heavy (non-hydrogen) atoms. The third-order valence-corrected chi connectivity index (χ3v) is 8.18. The highest BCUT2D eigenvalue weighted by atomic mass is 35.5. The van der Waals surface area contributed by atoms with Crippen LogP contribution in [0.1, 0.15) is 15.9 Å². The number of carbonyl (C=O) groups is 3. The number of thioether (sulfide) groups is 1. The summed E-state index contributed by atoms with van der Waals surface area (Å²) in [5.74, 6) is -0.359. The van der Waals surface area contributed by atoms with E-state index in [1.54, 1.807) is 84.9 Å². The van der Waals surface area contributed by atoms with Crippen LogP contribution in [-0.2, 0) is 9.59 Å². The average molecular weight is 671 g/mol. The van der Waals surface area contributed by atoms with Crippen LogP contribution in [0.2, 0.25) is 15.1 Å². The van der Waals surface area contributed by atoms with Crippen LogP contribution in [0.15, 0.2) is 95.5 Å². The maximum atomic E-state index is 13.3. The molecule has 4 rings (SSSR count). The number of ether oxygens (including phenoxy) is 2. The topological polar surface area (TPSA) is 106 Å². The SMILES string of the molecule is COc1cc(OC)c(NC(=O)CSc2ccc(NC(=O)/C(=C/c3cccc(Cl)c3Cl)NC(=O)c3ccccc3)cc2)cc1Cl. The Morgan fingerprint density at radius 1 is 0.795 bits per heavy atom. The van der Waals surface area contributed by atoms with Crippen LogP contribution in [0, 0.1) is 0 Å². The van der Waals surface area contributed by atoms with E-state index in [4.69, 9.17) is 44.3 Å². The van der Waals surface area contributed by atoms with Crippen molar-refractivity contribution in [1.29, 1.82) is 0 Å². The summed E-state index contributed by atoms with van der Waals surface area (Å²) >= 11 is 20.0. The molecule has 0 heterocycles. The third-order valence-electron chi connectivity index (χ3n) is 6.04. The Balaban J connectivity index is 1.42. The highest BCUT2D eigenvalue weighted by molar-refractivity contribution is 8.00. The molecule has 0 aliphatic carbocycles. The van der Waals surface area contributed by atoms with Crippen LogP contribution in [-0.4, -0.2) is 37.7 Å². The predicted octanol–water partition coefficient (Wildman–Crippen LogP) is 7.80. The number of halogens is 3. The average Bonchev–Trinajstić information content (AvgIpc) is 3.03. The number of anilines is 2. The zero-order valence-corrected chi connectivity index (χ0v) is 26.5. The molecule has 12 heteroatoms. The summed E-state index contributed by atoms with van der Waals surface area (Å²) in [7, 11) is 2.97. The van der Waals surface area contributed by atoms with E-state index in [0.717, 1.165) is 4.90 Å². The second-order valence-corrected chi connectivity index (χ2v) is 11.3. The van der Waals surface area contributed by atoms with Crippen molar-refractivity contribution in [2.45, 2.75) is 4.90 Å². The molecule has 3 N–H and O–H groups in total. The van der Waals surface area contributed by atoms with Crippen molar-refractivity contribution in [2.24, 2.45) is 0 Å². The molecule has 4 aromatic rings. The molecule has 0 saturated carbocycles. The molecule has 0 aliphatic rings. The lowest BCUT2D eigenvalue weighted by molar-refractivity contribution is -0.114. The minimum Gasteiger partial charge on any atom is -0.495 e. The monoisotopic (exact) mass is 669 g/mol. The first-order valence-electron chi connectivity index (χ1n) is 13.0. The summed E-state index contributed by atoms with van der Waals surface area (Å²) in [6.07, 6.45) is 1.46. The highest BCUT2D eigenvalue weighted by Gasteiger charge is 2.17. The Morgan fingerprint density at radius 3 is 2.18 bits per heavy atom. The smallest absolute Gasteiger partial charge is 0.272 e. The van der Waals surface area contributed by atoms with Gasteiger partial charge in [-0.05, 0) is 60.2 Å². The largest absolute Gasteiger partial charge is 0.495 e. The van der Waals surface area contributed by atoms with Crippen molar-refractivity contribution in [3.8, 4) is 11.5 Å². The first kappa shape index (κ1) is 32.8. The molecule has 0 aliphatic heterocycles.